The van der Waals surface area contributed by atoms with E-state index in [0.29, 0.717) is 19.3 Å². The summed E-state index contributed by atoms with van der Waals surface area (Å²) in [6, 6.07) is -0.695. The summed E-state index contributed by atoms with van der Waals surface area (Å²) >= 11 is 0. The Kier molecular flexibility index (Phi) is 40.7. The number of carbonyl (C=O) groups is 2. The van der Waals surface area contributed by atoms with Gasteiger partial charge in [-0.2, -0.15) is 0 Å². The topological polar surface area (TPSA) is 95.9 Å². The van der Waals surface area contributed by atoms with E-state index < -0.39 is 18.2 Å². The molecular weight excluding hydrogens is 659 g/mol. The van der Waals surface area contributed by atoms with Crippen LogP contribution in [0.5, 0.6) is 0 Å². The fourth-order valence-electron chi connectivity index (χ4n) is 7.25. The molecule has 0 heterocycles. The van der Waals surface area contributed by atoms with Gasteiger partial charge in [0.05, 0.1) is 25.2 Å². The van der Waals surface area contributed by atoms with E-state index in [4.69, 9.17) is 4.74 Å². The molecule has 0 saturated heterocycles. The maximum Gasteiger partial charge on any atom is 0.306 e. The highest BCUT2D eigenvalue weighted by molar-refractivity contribution is 5.77. The Morgan fingerprint density at radius 3 is 1.34 bits per heavy atom. The van der Waals surface area contributed by atoms with Crippen molar-refractivity contribution in [1.82, 2.24) is 5.32 Å². The van der Waals surface area contributed by atoms with Crippen molar-refractivity contribution in [3.05, 3.63) is 12.2 Å². The van der Waals surface area contributed by atoms with Crippen LogP contribution in [0, 0.1) is 0 Å². The molecule has 3 N–H and O–H groups in total. The van der Waals surface area contributed by atoms with Crippen molar-refractivity contribution >= 4 is 11.9 Å². The molecule has 6 nitrogen and oxygen atoms in total. The van der Waals surface area contributed by atoms with E-state index in [1.54, 1.807) is 0 Å². The maximum atomic E-state index is 13.1. The van der Waals surface area contributed by atoms with Crippen LogP contribution in [-0.4, -0.2) is 46.9 Å². The average molecular weight is 750 g/mol. The van der Waals surface area contributed by atoms with Crippen molar-refractivity contribution in [2.45, 2.75) is 270 Å². The van der Waals surface area contributed by atoms with Gasteiger partial charge in [0.2, 0.25) is 5.91 Å². The summed E-state index contributed by atoms with van der Waals surface area (Å²) < 4.78 is 5.88. The molecule has 3 unspecified atom stereocenters. The predicted octanol–water partition coefficient (Wildman–Crippen LogP) is 13.4. The third kappa shape index (κ3) is 37.3. The molecule has 0 spiro atoms. The third-order valence-corrected chi connectivity index (χ3v) is 10.8. The lowest BCUT2D eigenvalue weighted by molar-refractivity contribution is -0.151. The highest BCUT2D eigenvalue weighted by Crippen LogP contribution is 2.18. The van der Waals surface area contributed by atoms with Crippen molar-refractivity contribution in [3.63, 3.8) is 0 Å². The summed E-state index contributed by atoms with van der Waals surface area (Å²) in [5, 5.41) is 23.6. The van der Waals surface area contributed by atoms with Gasteiger partial charge < -0.3 is 20.3 Å². The van der Waals surface area contributed by atoms with Gasteiger partial charge >= 0.3 is 5.97 Å². The molecule has 0 aliphatic rings. The zero-order valence-corrected chi connectivity index (χ0v) is 35.7. The van der Waals surface area contributed by atoms with Crippen LogP contribution in [0.25, 0.3) is 0 Å². The Labute approximate surface area is 329 Å². The smallest absolute Gasteiger partial charge is 0.306 e. The van der Waals surface area contributed by atoms with Crippen molar-refractivity contribution in [2.75, 3.05) is 6.61 Å². The number of allylic oxidation sites excluding steroid dienone is 2. The highest BCUT2D eigenvalue weighted by atomic mass is 16.5. The fraction of sp³-hybridized carbons (Fsp3) is 0.915. The van der Waals surface area contributed by atoms with Gasteiger partial charge in [-0.3, -0.25) is 9.59 Å². The summed E-state index contributed by atoms with van der Waals surface area (Å²) in [4.78, 5) is 25.9. The molecule has 0 bridgehead atoms. The zero-order chi connectivity index (χ0) is 38.9. The molecule has 0 aromatic carbocycles. The van der Waals surface area contributed by atoms with Gasteiger partial charge in [-0.1, -0.05) is 200 Å². The number of rotatable bonds is 42. The monoisotopic (exact) mass is 750 g/mol. The highest BCUT2D eigenvalue weighted by Gasteiger charge is 2.24. The largest absolute Gasteiger partial charge is 0.462 e. The molecule has 314 valence electrons. The number of aliphatic hydroxyl groups excluding tert-OH is 2. The Bertz CT molecular complexity index is 802. The number of amides is 1. The summed E-state index contributed by atoms with van der Waals surface area (Å²) in [6.07, 6.45) is 44.2. The van der Waals surface area contributed by atoms with Gasteiger partial charge in [-0.25, -0.2) is 0 Å². The molecule has 0 aromatic rings. The first-order valence-electron chi connectivity index (χ1n) is 23.4. The second-order valence-electron chi connectivity index (χ2n) is 16.2. The van der Waals surface area contributed by atoms with Gasteiger partial charge in [0.1, 0.15) is 6.10 Å². The van der Waals surface area contributed by atoms with E-state index in [9.17, 15) is 19.8 Å². The molecular formula is C47H91NO5. The Balaban J connectivity index is 4.47. The van der Waals surface area contributed by atoms with E-state index in [1.165, 1.54) is 154 Å². The molecule has 0 saturated carbocycles. The van der Waals surface area contributed by atoms with E-state index >= 15 is 0 Å². The quantitative estimate of drug-likeness (QED) is 0.0328. The minimum absolute atomic E-state index is 0.0770. The lowest BCUT2D eigenvalue weighted by atomic mass is 10.0. The number of nitrogens with one attached hydrogen (secondary N) is 1. The van der Waals surface area contributed by atoms with E-state index in [1.807, 2.05) is 0 Å². The van der Waals surface area contributed by atoms with Crippen molar-refractivity contribution in [1.29, 1.82) is 0 Å². The molecule has 0 aliphatic heterocycles. The molecule has 0 aromatic heterocycles. The van der Waals surface area contributed by atoms with Crippen LogP contribution >= 0.6 is 0 Å². The number of unbranched alkanes of at least 4 members (excludes halogenated alkanes) is 28. The Hall–Kier alpha value is -1.40. The molecule has 0 aliphatic carbocycles. The van der Waals surface area contributed by atoms with Gasteiger partial charge in [0, 0.05) is 6.42 Å². The van der Waals surface area contributed by atoms with Crippen LogP contribution in [0.15, 0.2) is 12.2 Å². The number of hydrogen-bond acceptors (Lipinski definition) is 5. The first-order chi connectivity index (χ1) is 26.0. The summed E-state index contributed by atoms with van der Waals surface area (Å²) in [7, 11) is 0. The number of hydrogen-bond donors (Lipinski definition) is 3. The Morgan fingerprint density at radius 1 is 0.528 bits per heavy atom. The van der Waals surface area contributed by atoms with Gasteiger partial charge in [-0.05, 0) is 51.4 Å². The number of carbonyl (C=O) groups excluding carboxylic acids is 2. The maximum absolute atomic E-state index is 13.1. The summed E-state index contributed by atoms with van der Waals surface area (Å²) in [5.74, 6) is -0.485. The second-order valence-corrected chi connectivity index (χ2v) is 16.2. The van der Waals surface area contributed by atoms with E-state index in [0.717, 1.165) is 51.4 Å². The molecule has 53 heavy (non-hydrogen) atoms. The summed E-state index contributed by atoms with van der Waals surface area (Å²) in [5.41, 5.74) is 0. The van der Waals surface area contributed by atoms with Crippen LogP contribution in [-0.2, 0) is 14.3 Å². The van der Waals surface area contributed by atoms with Gasteiger partial charge in [0.25, 0.3) is 0 Å². The third-order valence-electron chi connectivity index (χ3n) is 10.8. The van der Waals surface area contributed by atoms with E-state index in [2.05, 4.69) is 38.2 Å². The first kappa shape index (κ1) is 51.6. The standard InChI is InChI=1S/C47H91NO5/c1-4-7-10-13-16-19-21-23-25-27-30-33-36-39-45(50)44(42-49)48-46(51)41-43(38-35-32-29-18-15-12-9-6-3)53-47(52)40-37-34-31-28-26-24-22-20-17-14-11-8-5-2/h24,26,43-45,49-50H,4-23,25,27-42H2,1-3H3,(H,48,51)/b26-24-. The number of esters is 1. The molecule has 0 fully saturated rings. The number of aliphatic hydroxyl groups is 2. The SMILES string of the molecule is CCCCCCCC/C=C\CCCCCC(=O)OC(CCCCCCCCCC)CC(=O)NC(CO)C(O)CCCCCCCCCCCCCCC. The minimum Gasteiger partial charge on any atom is -0.462 e. The molecule has 6 heteroatoms. The first-order valence-corrected chi connectivity index (χ1v) is 23.4. The summed E-state index contributed by atoms with van der Waals surface area (Å²) in [6.45, 7) is 6.45. The van der Waals surface area contributed by atoms with E-state index in [-0.39, 0.29) is 24.9 Å². The number of ether oxygens (including phenoxy) is 1. The molecule has 1 amide bonds. The van der Waals surface area contributed by atoms with Crippen LogP contribution in [0.1, 0.15) is 252 Å². The second kappa shape index (κ2) is 41.8. The van der Waals surface area contributed by atoms with Crippen LogP contribution < -0.4 is 5.32 Å². The van der Waals surface area contributed by atoms with Crippen LogP contribution in [0.3, 0.4) is 0 Å². The van der Waals surface area contributed by atoms with Gasteiger partial charge in [-0.15, -0.1) is 0 Å². The normalized spacial score (nSPS) is 13.4. The predicted molar refractivity (Wildman–Crippen MR) is 227 cm³/mol. The van der Waals surface area contributed by atoms with Crippen molar-refractivity contribution in [3.8, 4) is 0 Å². The zero-order valence-electron chi connectivity index (χ0n) is 35.7. The molecule has 0 radical (unpaired) electrons. The lowest BCUT2D eigenvalue weighted by Crippen LogP contribution is -2.46. The van der Waals surface area contributed by atoms with Gasteiger partial charge in [0.15, 0.2) is 0 Å². The van der Waals surface area contributed by atoms with Crippen molar-refractivity contribution in [2.24, 2.45) is 0 Å². The minimum atomic E-state index is -0.782. The molecule has 3 atom stereocenters. The van der Waals surface area contributed by atoms with Crippen LogP contribution in [0.2, 0.25) is 0 Å². The average Bonchev–Trinajstić information content (AvgIpc) is 3.15. The van der Waals surface area contributed by atoms with Crippen LogP contribution in [0.4, 0.5) is 0 Å². The molecule has 0 rings (SSSR count). The van der Waals surface area contributed by atoms with Crippen molar-refractivity contribution < 1.29 is 24.5 Å². The fourth-order valence-corrected chi connectivity index (χ4v) is 7.25. The lowest BCUT2D eigenvalue weighted by Gasteiger charge is -2.24. The Morgan fingerprint density at radius 2 is 0.906 bits per heavy atom.